The number of hydrogen-bond acceptors (Lipinski definition) is 10. The second-order valence-electron chi connectivity index (χ2n) is 8.05. The van der Waals surface area contributed by atoms with Gasteiger partial charge in [0.05, 0.1) is 12.2 Å². The first kappa shape index (κ1) is 21.2. The smallest absolute Gasteiger partial charge is 0.336 e. The summed E-state index contributed by atoms with van der Waals surface area (Å²) >= 11 is 0. The molecule has 30 heavy (non-hydrogen) atoms. The van der Waals surface area contributed by atoms with Gasteiger partial charge in [-0.25, -0.2) is 4.79 Å². The van der Waals surface area contributed by atoms with E-state index in [1.54, 1.807) is 32.0 Å². The summed E-state index contributed by atoms with van der Waals surface area (Å²) in [5, 5.41) is 51.3. The summed E-state index contributed by atoms with van der Waals surface area (Å²) in [6, 6.07) is 6.15. The van der Waals surface area contributed by atoms with Gasteiger partial charge in [-0.2, -0.15) is 0 Å². The minimum atomic E-state index is -1.66. The lowest BCUT2D eigenvalue weighted by Crippen LogP contribution is -2.60. The lowest BCUT2D eigenvalue weighted by Gasteiger charge is -2.45. The Morgan fingerprint density at radius 2 is 1.73 bits per heavy atom. The van der Waals surface area contributed by atoms with Crippen molar-refractivity contribution < 1.29 is 44.2 Å². The summed E-state index contributed by atoms with van der Waals surface area (Å²) in [5.74, 6) is 0.307. The molecular weight excluding hydrogens is 400 g/mol. The highest BCUT2D eigenvalue weighted by atomic mass is 16.7. The van der Waals surface area contributed by atoms with Gasteiger partial charge in [0.25, 0.3) is 0 Å². The van der Waals surface area contributed by atoms with E-state index in [4.69, 9.17) is 18.6 Å². The van der Waals surface area contributed by atoms with Crippen molar-refractivity contribution in [1.82, 2.24) is 0 Å². The molecule has 1 aromatic heterocycles. The molecule has 0 radical (unpaired) electrons. The maximum Gasteiger partial charge on any atom is 0.336 e. The van der Waals surface area contributed by atoms with Gasteiger partial charge in [-0.15, -0.1) is 0 Å². The molecule has 2 aliphatic heterocycles. The van der Waals surface area contributed by atoms with Crippen molar-refractivity contribution in [3.05, 3.63) is 40.2 Å². The Bertz CT molecular complexity index is 983. The fraction of sp³-hybridized carbons (Fsp3) is 0.550. The summed E-state index contributed by atoms with van der Waals surface area (Å²) in [6.07, 6.45) is -9.99. The van der Waals surface area contributed by atoms with Crippen molar-refractivity contribution in [3.63, 3.8) is 0 Å². The van der Waals surface area contributed by atoms with Gasteiger partial charge in [0.1, 0.15) is 53.6 Å². The van der Waals surface area contributed by atoms with E-state index in [9.17, 15) is 30.3 Å². The number of hydrogen-bond donors (Lipinski definition) is 5. The predicted molar refractivity (Wildman–Crippen MR) is 101 cm³/mol. The van der Waals surface area contributed by atoms with E-state index in [-0.39, 0.29) is 11.1 Å². The molecule has 0 aliphatic carbocycles. The normalized spacial score (nSPS) is 35.6. The molecule has 10 heteroatoms. The molecule has 2 aliphatic rings. The van der Waals surface area contributed by atoms with Crippen molar-refractivity contribution in [2.75, 3.05) is 6.61 Å². The maximum absolute atomic E-state index is 11.8. The highest BCUT2D eigenvalue weighted by Crippen LogP contribution is 2.46. The van der Waals surface area contributed by atoms with Crippen LogP contribution in [0.2, 0.25) is 0 Å². The average molecular weight is 424 g/mol. The van der Waals surface area contributed by atoms with E-state index < -0.39 is 60.7 Å². The zero-order valence-corrected chi connectivity index (χ0v) is 16.3. The number of aliphatic hydroxyl groups excluding tert-OH is 5. The first-order chi connectivity index (χ1) is 14.1. The second kappa shape index (κ2) is 7.57. The van der Waals surface area contributed by atoms with Gasteiger partial charge in [0.15, 0.2) is 6.29 Å². The summed E-state index contributed by atoms with van der Waals surface area (Å²) < 4.78 is 22.5. The van der Waals surface area contributed by atoms with Crippen LogP contribution in [0.1, 0.15) is 25.5 Å². The molecule has 0 bridgehead atoms. The van der Waals surface area contributed by atoms with Crippen LogP contribution in [-0.4, -0.2) is 74.6 Å². The largest absolute Gasteiger partial charge is 0.485 e. The molecule has 3 heterocycles. The lowest BCUT2D eigenvalue weighted by molar-refractivity contribution is -0.324. The average Bonchev–Trinajstić information content (AvgIpc) is 2.70. The summed E-state index contributed by atoms with van der Waals surface area (Å²) in [5.41, 5.74) is -1.34. The van der Waals surface area contributed by atoms with Gasteiger partial charge < -0.3 is 44.2 Å². The van der Waals surface area contributed by atoms with E-state index in [1.165, 1.54) is 6.07 Å². The summed E-state index contributed by atoms with van der Waals surface area (Å²) in [4.78, 5) is 11.8. The topological polar surface area (TPSA) is 159 Å². The van der Waals surface area contributed by atoms with Crippen molar-refractivity contribution in [3.8, 4) is 5.75 Å². The Morgan fingerprint density at radius 1 is 1.03 bits per heavy atom. The molecular formula is C20H24O10. The molecule has 7 atom stereocenters. The summed E-state index contributed by atoms with van der Waals surface area (Å²) in [7, 11) is 0. The Labute approximate surface area is 170 Å². The third-order valence-electron chi connectivity index (χ3n) is 5.57. The van der Waals surface area contributed by atoms with Crippen LogP contribution in [0.4, 0.5) is 0 Å². The highest BCUT2D eigenvalue weighted by Gasteiger charge is 2.50. The van der Waals surface area contributed by atoms with Gasteiger partial charge in [0.2, 0.25) is 0 Å². The molecule has 164 valence electrons. The molecule has 1 aromatic carbocycles. The number of fused-ring (bicyclic) bond motifs is 3. The van der Waals surface area contributed by atoms with Gasteiger partial charge in [0, 0.05) is 11.5 Å². The van der Waals surface area contributed by atoms with Gasteiger partial charge >= 0.3 is 5.63 Å². The van der Waals surface area contributed by atoms with Gasteiger partial charge in [-0.05, 0) is 32.0 Å². The molecule has 5 N–H and O–H groups in total. The zero-order valence-electron chi connectivity index (χ0n) is 16.3. The van der Waals surface area contributed by atoms with Crippen LogP contribution in [0, 0.1) is 0 Å². The highest BCUT2D eigenvalue weighted by molar-refractivity contribution is 5.83. The van der Waals surface area contributed by atoms with Crippen LogP contribution in [0.15, 0.2) is 33.5 Å². The van der Waals surface area contributed by atoms with Crippen molar-refractivity contribution in [2.45, 2.75) is 62.4 Å². The number of rotatable bonds is 3. The van der Waals surface area contributed by atoms with Crippen LogP contribution in [0.5, 0.6) is 5.75 Å². The Balaban J connectivity index is 1.79. The molecule has 0 amide bonds. The minimum absolute atomic E-state index is 0.143. The molecule has 1 fully saturated rings. The number of benzene rings is 1. The molecule has 0 spiro atoms. The van der Waals surface area contributed by atoms with Crippen LogP contribution < -0.4 is 10.4 Å². The van der Waals surface area contributed by atoms with Crippen LogP contribution in [0.25, 0.3) is 11.0 Å². The molecule has 7 unspecified atom stereocenters. The molecule has 4 rings (SSSR count). The van der Waals surface area contributed by atoms with E-state index in [0.717, 1.165) is 0 Å². The maximum atomic E-state index is 11.8. The quantitative estimate of drug-likeness (QED) is 0.394. The monoisotopic (exact) mass is 424 g/mol. The van der Waals surface area contributed by atoms with Crippen LogP contribution in [-0.2, 0) is 9.47 Å². The second-order valence-corrected chi connectivity index (χ2v) is 8.05. The van der Waals surface area contributed by atoms with Crippen LogP contribution >= 0.6 is 0 Å². The molecule has 2 aromatic rings. The predicted octanol–water partition coefficient (Wildman–Crippen LogP) is -0.818. The minimum Gasteiger partial charge on any atom is -0.485 e. The Morgan fingerprint density at radius 3 is 2.43 bits per heavy atom. The third-order valence-corrected chi connectivity index (χ3v) is 5.57. The van der Waals surface area contributed by atoms with Gasteiger partial charge in [-0.1, -0.05) is 0 Å². The number of aliphatic hydroxyl groups is 5. The molecule has 1 saturated heterocycles. The van der Waals surface area contributed by atoms with Crippen molar-refractivity contribution in [1.29, 1.82) is 0 Å². The van der Waals surface area contributed by atoms with Crippen LogP contribution in [0.3, 0.4) is 0 Å². The molecule has 10 nitrogen and oxygen atoms in total. The Kier molecular flexibility index (Phi) is 5.35. The molecule has 0 saturated carbocycles. The fourth-order valence-electron chi connectivity index (χ4n) is 3.83. The van der Waals surface area contributed by atoms with E-state index >= 15 is 0 Å². The first-order valence-electron chi connectivity index (χ1n) is 9.54. The Hall–Kier alpha value is -2.05. The van der Waals surface area contributed by atoms with Crippen molar-refractivity contribution in [2.24, 2.45) is 0 Å². The fourth-order valence-corrected chi connectivity index (χ4v) is 3.83. The standard InChI is InChI=1S/C20H24O10/c1-20(2)18(26)17(29-19-15(25)14(24)13(23)10(7-21)27-19)12-9(30-20)5-3-8-4-6-11(22)28-16(8)12/h3-6,10,13-15,17-19,21,23-26H,7H2,1-2H3. The van der Waals surface area contributed by atoms with Crippen molar-refractivity contribution >= 4 is 11.0 Å². The third kappa shape index (κ3) is 3.40. The van der Waals surface area contributed by atoms with E-state index in [1.807, 2.05) is 0 Å². The lowest BCUT2D eigenvalue weighted by atomic mass is 9.87. The summed E-state index contributed by atoms with van der Waals surface area (Å²) in [6.45, 7) is 2.65. The SMILES string of the molecule is CC1(C)Oc2ccc3ccc(=O)oc3c2C(OC2OC(CO)C(O)C(O)C2O)C1O. The van der Waals surface area contributed by atoms with Gasteiger partial charge in [-0.3, -0.25) is 0 Å². The van der Waals surface area contributed by atoms with E-state index in [0.29, 0.717) is 11.1 Å². The zero-order chi connectivity index (χ0) is 21.8. The van der Waals surface area contributed by atoms with E-state index in [2.05, 4.69) is 0 Å². The number of ether oxygens (including phenoxy) is 3. The first-order valence-corrected chi connectivity index (χ1v) is 9.54.